The number of alkyl halides is 2. The summed E-state index contributed by atoms with van der Waals surface area (Å²) in [6.07, 6.45) is 1.45. The maximum Gasteiger partial charge on any atom is 0.352 e. The summed E-state index contributed by atoms with van der Waals surface area (Å²) in [5, 5.41) is 0. The van der Waals surface area contributed by atoms with Gasteiger partial charge in [0.05, 0.1) is 46.1 Å². The van der Waals surface area contributed by atoms with E-state index in [-0.39, 0.29) is 118 Å². The minimum absolute atomic E-state index is 0.00797. The topological polar surface area (TPSA) is 221 Å². The van der Waals surface area contributed by atoms with Gasteiger partial charge in [-0.3, -0.25) is 28.1 Å². The Labute approximate surface area is 531 Å². The second-order valence-corrected chi connectivity index (χ2v) is 23.4. The van der Waals surface area contributed by atoms with E-state index in [1.54, 1.807) is 75.6 Å². The number of aryl methyl sites for hydroxylation is 2. The molecule has 0 saturated carbocycles. The standard InChI is InChI=1S/C22H25F3N4O3.C21H24F2N4O4.C21H25FN4O4/c1-15-3-4-16(11-17(15)23)14-32-18-12-19-28(7-2-8-29(19)21(31)26-18)13-20(30)27-9-5-22(24,25)6-10-27;1-14-16(22)9-15(10-17(14)23)13-31-18-11-19-26(3-2-4-27(19)21(29)24-18)12-20(28)25-5-7-30-8-6-25;1-15-3-4-16(11-17(15)22)14-30-18-12-19-25(5-2-6-26(19)21(28)23-18)13-20(27)24-7-9-29-10-8-24/h3-4,11-12H,2,5-10,13-14H2,1H3;9-11H,2-8,12-13H2,1H3;3-4,11-12H,2,5-10,13-14H2,1H3. The SMILES string of the molecule is Cc1c(F)cc(COc2cc3n(c(=O)n2)CCCN3CC(=O)N2CCOCC2)cc1F.Cc1ccc(COc2cc3n(c(=O)n2)CCCN3CC(=O)N2CCC(F)(F)CC2)cc1F.Cc1ccc(COc2cc3n(c(=O)n2)CCCN3CC(=O)N2CCOCC2)cc1F. The molecule has 0 atom stereocenters. The van der Waals surface area contributed by atoms with Crippen LogP contribution in [0, 0.1) is 44.0 Å². The van der Waals surface area contributed by atoms with Crippen LogP contribution in [0.5, 0.6) is 17.6 Å². The van der Waals surface area contributed by atoms with Crippen LogP contribution in [-0.4, -0.2) is 172 Å². The number of rotatable bonds is 15. The molecule has 0 bridgehead atoms. The Morgan fingerprint density at radius 2 is 0.763 bits per heavy atom. The largest absolute Gasteiger partial charge is 0.473 e. The number of nitrogens with zero attached hydrogens (tertiary/aromatic N) is 12. The molecule has 93 heavy (non-hydrogen) atoms. The maximum atomic E-state index is 13.8. The van der Waals surface area contributed by atoms with Crippen LogP contribution in [0.2, 0.25) is 0 Å². The molecule has 0 N–H and O–H groups in total. The van der Waals surface area contributed by atoms with Gasteiger partial charge in [-0.1, -0.05) is 24.3 Å². The zero-order valence-corrected chi connectivity index (χ0v) is 52.1. The van der Waals surface area contributed by atoms with Crippen molar-refractivity contribution in [3.8, 4) is 17.6 Å². The van der Waals surface area contributed by atoms with Gasteiger partial charge in [0.15, 0.2) is 0 Å². The van der Waals surface area contributed by atoms with Crippen molar-refractivity contribution in [2.75, 3.05) is 120 Å². The Hall–Kier alpha value is -8.99. The third kappa shape index (κ3) is 17.2. The van der Waals surface area contributed by atoms with Gasteiger partial charge in [0, 0.05) is 115 Å². The lowest BCUT2D eigenvalue weighted by Gasteiger charge is -2.35. The van der Waals surface area contributed by atoms with Gasteiger partial charge in [0.1, 0.15) is 60.5 Å². The Morgan fingerprint density at radius 1 is 0.441 bits per heavy atom. The average Bonchev–Trinajstić information content (AvgIpc) is 0.856. The number of carbonyl (C=O) groups is 3. The number of carbonyl (C=O) groups excluding carboxylic acids is 3. The van der Waals surface area contributed by atoms with Crippen LogP contribution >= 0.6 is 0 Å². The zero-order valence-electron chi connectivity index (χ0n) is 52.1. The molecule has 3 aromatic carbocycles. The Balaban J connectivity index is 0.000000153. The number of amides is 3. The number of halogens is 6. The average molecular weight is 1300 g/mol. The first-order valence-corrected chi connectivity index (χ1v) is 31.0. The fourth-order valence-corrected chi connectivity index (χ4v) is 11.3. The van der Waals surface area contributed by atoms with Gasteiger partial charge in [-0.25, -0.2) is 40.7 Å². The van der Waals surface area contributed by atoms with Gasteiger partial charge in [0.2, 0.25) is 35.4 Å². The molecule has 6 aliphatic heterocycles. The van der Waals surface area contributed by atoms with Crippen molar-refractivity contribution in [1.82, 2.24) is 43.4 Å². The van der Waals surface area contributed by atoms with Gasteiger partial charge < -0.3 is 53.1 Å². The van der Waals surface area contributed by atoms with Crippen molar-refractivity contribution < 1.29 is 64.4 Å². The molecule has 0 radical (unpaired) electrons. The van der Waals surface area contributed by atoms with E-state index in [4.69, 9.17) is 23.7 Å². The van der Waals surface area contributed by atoms with Crippen molar-refractivity contribution in [1.29, 1.82) is 0 Å². The van der Waals surface area contributed by atoms with Crippen LogP contribution in [0.25, 0.3) is 0 Å². The highest BCUT2D eigenvalue weighted by Gasteiger charge is 2.37. The highest BCUT2D eigenvalue weighted by Crippen LogP contribution is 2.30. The second-order valence-electron chi connectivity index (χ2n) is 23.4. The van der Waals surface area contributed by atoms with Crippen molar-refractivity contribution in [2.24, 2.45) is 0 Å². The number of likely N-dealkylation sites (tertiary alicyclic amines) is 1. The van der Waals surface area contributed by atoms with E-state index in [0.717, 1.165) is 6.42 Å². The van der Waals surface area contributed by atoms with E-state index in [9.17, 15) is 55.1 Å². The molecule has 3 aromatic heterocycles. The summed E-state index contributed by atoms with van der Waals surface area (Å²) in [7, 11) is 0. The van der Waals surface area contributed by atoms with Crippen molar-refractivity contribution in [2.45, 2.75) is 98.3 Å². The van der Waals surface area contributed by atoms with Gasteiger partial charge in [-0.2, -0.15) is 15.0 Å². The van der Waals surface area contributed by atoms with Gasteiger partial charge in [-0.05, 0) is 92.1 Å². The zero-order chi connectivity index (χ0) is 65.9. The maximum absolute atomic E-state index is 13.8. The van der Waals surface area contributed by atoms with Crippen LogP contribution in [-0.2, 0) is 63.3 Å². The van der Waals surface area contributed by atoms with E-state index < -0.39 is 34.6 Å². The number of aromatic nitrogens is 6. The number of hydrogen-bond donors (Lipinski definition) is 0. The van der Waals surface area contributed by atoms with Crippen LogP contribution in [0.3, 0.4) is 0 Å². The van der Waals surface area contributed by atoms with E-state index >= 15 is 0 Å². The number of benzene rings is 3. The van der Waals surface area contributed by atoms with Gasteiger partial charge in [-0.15, -0.1) is 0 Å². The molecule has 0 aliphatic carbocycles. The molecule has 0 spiro atoms. The Morgan fingerprint density at radius 3 is 1.11 bits per heavy atom. The van der Waals surface area contributed by atoms with Gasteiger partial charge in [0.25, 0.3) is 5.92 Å². The molecular formula is C64H74F6N12O11. The normalized spacial score (nSPS) is 16.8. The molecule has 3 fully saturated rings. The summed E-state index contributed by atoms with van der Waals surface area (Å²) >= 11 is 0. The highest BCUT2D eigenvalue weighted by atomic mass is 19.3. The molecule has 12 rings (SSSR count). The first-order chi connectivity index (χ1) is 44.6. The molecule has 0 unspecified atom stereocenters. The molecular weight excluding hydrogens is 1230 g/mol. The molecule has 6 aromatic rings. The first kappa shape index (κ1) is 66.9. The molecule has 29 heteroatoms. The fourth-order valence-electron chi connectivity index (χ4n) is 11.3. The molecule has 3 amide bonds. The number of hydrogen-bond acceptors (Lipinski definition) is 17. The summed E-state index contributed by atoms with van der Waals surface area (Å²) in [4.78, 5) is 97.9. The molecule has 6 aliphatic rings. The van der Waals surface area contributed by atoms with Crippen molar-refractivity contribution in [3.63, 3.8) is 0 Å². The fraction of sp³-hybridized carbons (Fsp3) is 0.484. The monoisotopic (exact) mass is 1300 g/mol. The lowest BCUT2D eigenvalue weighted by atomic mass is 10.1. The van der Waals surface area contributed by atoms with E-state index in [1.807, 2.05) is 9.80 Å². The molecule has 3 saturated heterocycles. The summed E-state index contributed by atoms with van der Waals surface area (Å²) in [6, 6.07) is 16.9. The minimum atomic E-state index is -2.72. The second kappa shape index (κ2) is 30.2. The quantitative estimate of drug-likeness (QED) is 0.115. The lowest BCUT2D eigenvalue weighted by Crippen LogP contribution is -2.48. The highest BCUT2D eigenvalue weighted by molar-refractivity contribution is 5.83. The number of fused-ring (bicyclic) bond motifs is 3. The van der Waals surface area contributed by atoms with Crippen molar-refractivity contribution in [3.05, 3.63) is 155 Å². The summed E-state index contributed by atoms with van der Waals surface area (Å²) in [5.74, 6) is -3.02. The number of piperidine rings is 1. The van der Waals surface area contributed by atoms with E-state index in [2.05, 4.69) is 15.0 Å². The predicted octanol–water partition coefficient (Wildman–Crippen LogP) is 5.55. The Bertz CT molecular complexity index is 3850. The number of anilines is 3. The third-order valence-corrected chi connectivity index (χ3v) is 16.8. The smallest absolute Gasteiger partial charge is 0.352 e. The van der Waals surface area contributed by atoms with E-state index in [0.29, 0.717) is 150 Å². The third-order valence-electron chi connectivity index (χ3n) is 16.8. The Kier molecular flexibility index (Phi) is 21.7. The van der Waals surface area contributed by atoms with E-state index in [1.165, 1.54) is 45.2 Å². The van der Waals surface area contributed by atoms with Gasteiger partial charge >= 0.3 is 17.1 Å². The minimum Gasteiger partial charge on any atom is -0.473 e. The molecule has 498 valence electrons. The van der Waals surface area contributed by atoms with Crippen LogP contribution in [0.4, 0.5) is 43.8 Å². The number of morpholine rings is 2. The van der Waals surface area contributed by atoms with Crippen LogP contribution in [0.15, 0.2) is 81.1 Å². The molecule has 9 heterocycles. The summed E-state index contributed by atoms with van der Waals surface area (Å²) in [6.45, 7) is 12.8. The van der Waals surface area contributed by atoms with Crippen LogP contribution in [0.1, 0.15) is 65.5 Å². The van der Waals surface area contributed by atoms with Crippen molar-refractivity contribution >= 4 is 35.2 Å². The predicted molar refractivity (Wildman–Crippen MR) is 328 cm³/mol. The first-order valence-electron chi connectivity index (χ1n) is 31.0. The molecule has 23 nitrogen and oxygen atoms in total. The lowest BCUT2D eigenvalue weighted by molar-refractivity contribution is -0.136. The summed E-state index contributed by atoms with van der Waals surface area (Å²) in [5.41, 5.74) is 1.16. The number of ether oxygens (including phenoxy) is 5. The van der Waals surface area contributed by atoms with Crippen LogP contribution < -0.4 is 46.0 Å². The summed E-state index contributed by atoms with van der Waals surface area (Å²) < 4.78 is 114.